The average molecular weight is 286 g/mol. The summed E-state index contributed by atoms with van der Waals surface area (Å²) in [7, 11) is 0. The van der Waals surface area contributed by atoms with Crippen molar-refractivity contribution in [1.29, 1.82) is 10.5 Å². The van der Waals surface area contributed by atoms with Crippen LogP contribution in [0.5, 0.6) is 0 Å². The highest BCUT2D eigenvalue weighted by molar-refractivity contribution is 9.08. The summed E-state index contributed by atoms with van der Waals surface area (Å²) in [6, 6.07) is 4.79. The van der Waals surface area contributed by atoms with Gasteiger partial charge in [0.15, 0.2) is 0 Å². The zero-order chi connectivity index (χ0) is 12.1. The first-order valence-electron chi connectivity index (χ1n) is 4.27. The molecule has 0 aliphatic rings. The Hall–Kier alpha value is -1.53. The summed E-state index contributed by atoms with van der Waals surface area (Å²) < 4.78 is 25.4. The first kappa shape index (κ1) is 12.5. The zero-order valence-electron chi connectivity index (χ0n) is 8.04. The Labute approximate surface area is 99.5 Å². The molecule has 1 heterocycles. The van der Waals surface area contributed by atoms with Gasteiger partial charge in [0.2, 0.25) is 0 Å². The standard InChI is InChI=1S/C10H6BrF2N3/c11-4-8-9(10(12)13)6(5-15)3-7(16-8)1-2-14/h3,10H,1,4H2. The second kappa shape index (κ2) is 5.53. The minimum atomic E-state index is -2.74. The average Bonchev–Trinajstić information content (AvgIpc) is 2.27. The van der Waals surface area contributed by atoms with Gasteiger partial charge < -0.3 is 0 Å². The van der Waals surface area contributed by atoms with Crippen LogP contribution in [0, 0.1) is 22.7 Å². The topological polar surface area (TPSA) is 60.5 Å². The monoisotopic (exact) mass is 285 g/mol. The highest BCUT2D eigenvalue weighted by Crippen LogP contribution is 2.27. The molecule has 0 spiro atoms. The van der Waals surface area contributed by atoms with Crippen molar-refractivity contribution in [1.82, 2.24) is 4.98 Å². The van der Waals surface area contributed by atoms with Crippen molar-refractivity contribution in [2.75, 3.05) is 0 Å². The maximum absolute atomic E-state index is 12.7. The van der Waals surface area contributed by atoms with Gasteiger partial charge in [0.05, 0.1) is 41.1 Å². The Bertz CT molecular complexity index is 474. The number of hydrogen-bond acceptors (Lipinski definition) is 3. The molecule has 0 bridgehead atoms. The van der Waals surface area contributed by atoms with E-state index in [0.29, 0.717) is 5.69 Å². The van der Waals surface area contributed by atoms with E-state index in [4.69, 9.17) is 10.5 Å². The van der Waals surface area contributed by atoms with Crippen LogP contribution in [0.2, 0.25) is 0 Å². The number of rotatable bonds is 3. The number of aromatic nitrogens is 1. The number of pyridine rings is 1. The lowest BCUT2D eigenvalue weighted by molar-refractivity contribution is 0.149. The number of halogens is 3. The molecule has 0 aliphatic heterocycles. The van der Waals surface area contributed by atoms with Crippen molar-refractivity contribution in [2.45, 2.75) is 18.2 Å². The molecule has 1 aromatic rings. The fraction of sp³-hybridized carbons (Fsp3) is 0.300. The fourth-order valence-electron chi connectivity index (χ4n) is 1.28. The van der Waals surface area contributed by atoms with E-state index in [1.807, 2.05) is 6.07 Å². The van der Waals surface area contributed by atoms with E-state index >= 15 is 0 Å². The predicted molar refractivity (Wildman–Crippen MR) is 55.9 cm³/mol. The number of nitriles is 2. The molecule has 0 aromatic carbocycles. The summed E-state index contributed by atoms with van der Waals surface area (Å²) in [5.74, 6) is 0. The van der Waals surface area contributed by atoms with Gasteiger partial charge in [-0.1, -0.05) is 15.9 Å². The molecule has 0 atom stereocenters. The molecule has 0 amide bonds. The first-order valence-corrected chi connectivity index (χ1v) is 5.40. The largest absolute Gasteiger partial charge is 0.266 e. The van der Waals surface area contributed by atoms with Gasteiger partial charge in [-0.15, -0.1) is 0 Å². The highest BCUT2D eigenvalue weighted by Gasteiger charge is 2.19. The van der Waals surface area contributed by atoms with Crippen LogP contribution in [0.15, 0.2) is 6.07 Å². The molecule has 6 heteroatoms. The summed E-state index contributed by atoms with van der Waals surface area (Å²) in [6.07, 6.45) is -2.75. The van der Waals surface area contributed by atoms with Crippen LogP contribution in [0.1, 0.15) is 28.9 Å². The summed E-state index contributed by atoms with van der Waals surface area (Å²) in [4.78, 5) is 3.91. The van der Waals surface area contributed by atoms with Crippen molar-refractivity contribution >= 4 is 15.9 Å². The molecule has 0 N–H and O–H groups in total. The van der Waals surface area contributed by atoms with Crippen LogP contribution in [-0.4, -0.2) is 4.98 Å². The number of nitrogens with zero attached hydrogens (tertiary/aromatic N) is 3. The van der Waals surface area contributed by atoms with Crippen molar-refractivity contribution < 1.29 is 8.78 Å². The summed E-state index contributed by atoms with van der Waals surface area (Å²) in [5, 5.41) is 17.4. The second-order valence-corrected chi connectivity index (χ2v) is 3.46. The highest BCUT2D eigenvalue weighted by atomic mass is 79.9. The smallest absolute Gasteiger partial charge is 0.255 e. The van der Waals surface area contributed by atoms with E-state index in [2.05, 4.69) is 20.9 Å². The minimum absolute atomic E-state index is 0.00179. The maximum Gasteiger partial charge on any atom is 0.266 e. The predicted octanol–water partition coefficient (Wildman–Crippen LogP) is 2.85. The molecule has 3 nitrogen and oxygen atoms in total. The fourth-order valence-corrected chi connectivity index (χ4v) is 1.70. The Morgan fingerprint density at radius 1 is 1.44 bits per heavy atom. The van der Waals surface area contributed by atoms with Gasteiger partial charge in [-0.3, -0.25) is 4.98 Å². The van der Waals surface area contributed by atoms with Crippen LogP contribution in [0.4, 0.5) is 8.78 Å². The minimum Gasteiger partial charge on any atom is -0.255 e. The molecule has 0 radical (unpaired) electrons. The molecule has 0 saturated heterocycles. The molecular formula is C10H6BrF2N3. The van der Waals surface area contributed by atoms with Crippen molar-refractivity contribution in [3.8, 4) is 12.1 Å². The van der Waals surface area contributed by atoms with E-state index in [1.54, 1.807) is 6.07 Å². The Morgan fingerprint density at radius 3 is 2.56 bits per heavy atom. The molecule has 82 valence electrons. The van der Waals surface area contributed by atoms with Crippen LogP contribution in [0.25, 0.3) is 0 Å². The molecule has 0 saturated carbocycles. The van der Waals surface area contributed by atoms with Crippen molar-refractivity contribution in [3.63, 3.8) is 0 Å². The van der Waals surface area contributed by atoms with Crippen LogP contribution < -0.4 is 0 Å². The quantitative estimate of drug-likeness (QED) is 0.803. The van der Waals surface area contributed by atoms with Crippen LogP contribution in [-0.2, 0) is 11.8 Å². The number of alkyl halides is 3. The molecule has 0 fully saturated rings. The first-order chi connectivity index (χ1) is 7.63. The van der Waals surface area contributed by atoms with Crippen molar-refractivity contribution in [2.24, 2.45) is 0 Å². The summed E-state index contributed by atoms with van der Waals surface area (Å²) in [5.41, 5.74) is -0.0389. The van der Waals surface area contributed by atoms with E-state index < -0.39 is 6.43 Å². The summed E-state index contributed by atoms with van der Waals surface area (Å²) >= 11 is 3.04. The van der Waals surface area contributed by atoms with Gasteiger partial charge >= 0.3 is 0 Å². The van der Waals surface area contributed by atoms with E-state index in [9.17, 15) is 8.78 Å². The third kappa shape index (κ3) is 2.53. The van der Waals surface area contributed by atoms with Gasteiger partial charge in [0.25, 0.3) is 6.43 Å². The molecule has 0 unspecified atom stereocenters. The van der Waals surface area contributed by atoms with Gasteiger partial charge in [-0.2, -0.15) is 10.5 Å². The Balaban J connectivity index is 3.39. The van der Waals surface area contributed by atoms with E-state index in [-0.39, 0.29) is 28.6 Å². The normalized spacial score (nSPS) is 9.88. The zero-order valence-corrected chi connectivity index (χ0v) is 9.63. The van der Waals surface area contributed by atoms with Crippen LogP contribution in [0.3, 0.4) is 0 Å². The number of hydrogen-bond donors (Lipinski definition) is 0. The lowest BCUT2D eigenvalue weighted by atomic mass is 10.1. The maximum atomic E-state index is 12.7. The van der Waals surface area contributed by atoms with Crippen LogP contribution >= 0.6 is 15.9 Å². The summed E-state index contributed by atoms with van der Waals surface area (Å²) in [6.45, 7) is 0. The Kier molecular flexibility index (Phi) is 4.33. The lowest BCUT2D eigenvalue weighted by Crippen LogP contribution is -2.03. The van der Waals surface area contributed by atoms with Gasteiger partial charge in [-0.25, -0.2) is 8.78 Å². The molecule has 1 aromatic heterocycles. The second-order valence-electron chi connectivity index (χ2n) is 2.90. The third-order valence-electron chi connectivity index (χ3n) is 1.92. The third-order valence-corrected chi connectivity index (χ3v) is 2.45. The van der Waals surface area contributed by atoms with Gasteiger partial charge in [0, 0.05) is 5.33 Å². The Morgan fingerprint density at radius 2 is 2.12 bits per heavy atom. The van der Waals surface area contributed by atoms with Gasteiger partial charge in [0.1, 0.15) is 0 Å². The van der Waals surface area contributed by atoms with Crippen molar-refractivity contribution in [3.05, 3.63) is 28.6 Å². The van der Waals surface area contributed by atoms with E-state index in [0.717, 1.165) is 0 Å². The van der Waals surface area contributed by atoms with Gasteiger partial charge in [-0.05, 0) is 6.07 Å². The molecule has 16 heavy (non-hydrogen) atoms. The molecule has 0 aliphatic carbocycles. The molecule has 1 rings (SSSR count). The SMILES string of the molecule is N#CCc1cc(C#N)c(C(F)F)c(CBr)n1. The molecular weight excluding hydrogens is 280 g/mol. The van der Waals surface area contributed by atoms with E-state index in [1.165, 1.54) is 6.07 Å². The lowest BCUT2D eigenvalue weighted by Gasteiger charge is -2.09.